The van der Waals surface area contributed by atoms with Gasteiger partial charge in [-0.1, -0.05) is 71.0 Å². The van der Waals surface area contributed by atoms with Gasteiger partial charge in [0.25, 0.3) is 11.8 Å². The predicted molar refractivity (Wildman–Crippen MR) is 127 cm³/mol. The summed E-state index contributed by atoms with van der Waals surface area (Å²) in [6, 6.07) is 15.4. The fourth-order valence-corrected chi connectivity index (χ4v) is 3.32. The van der Waals surface area contributed by atoms with Crippen molar-refractivity contribution in [3.8, 4) is 11.5 Å². The Morgan fingerprint density at radius 2 is 1.31 bits per heavy atom. The number of hydrogen-bond donors (Lipinski definition) is 2. The summed E-state index contributed by atoms with van der Waals surface area (Å²) in [6.45, 7) is 10.1. The highest BCUT2D eigenvalue weighted by Crippen LogP contribution is 2.30. The third kappa shape index (κ3) is 7.01. The first-order chi connectivity index (χ1) is 15.4. The maximum absolute atomic E-state index is 12.6. The lowest BCUT2D eigenvalue weighted by Crippen LogP contribution is -2.49. The fraction of sp³-hybridized carbons (Fsp3) is 0.462. The zero-order valence-electron chi connectivity index (χ0n) is 19.8. The molecule has 2 rings (SSSR count). The predicted octanol–water partition coefficient (Wildman–Crippen LogP) is 5.10. The van der Waals surface area contributed by atoms with Crippen LogP contribution in [0, 0.1) is 0 Å². The summed E-state index contributed by atoms with van der Waals surface area (Å²) in [5.41, 5.74) is 7.01. The number of nitrogens with one attached hydrogen (secondary N) is 2. The summed E-state index contributed by atoms with van der Waals surface area (Å²) in [5, 5.41) is 0. The molecule has 0 radical (unpaired) electrons. The first-order valence-corrected chi connectivity index (χ1v) is 11.5. The van der Waals surface area contributed by atoms with Crippen LogP contribution in [-0.2, 0) is 9.59 Å². The molecular formula is C26H36N2O4. The van der Waals surface area contributed by atoms with Crippen LogP contribution in [0.15, 0.2) is 48.5 Å². The van der Waals surface area contributed by atoms with Gasteiger partial charge in [-0.05, 0) is 54.4 Å². The molecule has 0 saturated carbocycles. The van der Waals surface area contributed by atoms with Crippen molar-refractivity contribution in [1.82, 2.24) is 10.9 Å². The Bertz CT molecular complexity index is 884. The molecule has 174 valence electrons. The molecule has 32 heavy (non-hydrogen) atoms. The van der Waals surface area contributed by atoms with E-state index in [9.17, 15) is 9.59 Å². The Kier molecular flexibility index (Phi) is 10.1. The molecule has 0 aliphatic carbocycles. The monoisotopic (exact) mass is 440 g/mol. The molecule has 0 spiro atoms. The van der Waals surface area contributed by atoms with Gasteiger partial charge in [0, 0.05) is 0 Å². The molecule has 2 aromatic carbocycles. The second kappa shape index (κ2) is 12.7. The van der Waals surface area contributed by atoms with Gasteiger partial charge in [-0.2, -0.15) is 0 Å². The minimum absolute atomic E-state index is 0.192. The van der Waals surface area contributed by atoms with Gasteiger partial charge in [0.2, 0.25) is 0 Å². The van der Waals surface area contributed by atoms with Crippen LogP contribution in [0.4, 0.5) is 0 Å². The van der Waals surface area contributed by atoms with Crippen molar-refractivity contribution < 1.29 is 19.1 Å². The SMILES string of the molecule is CCC(Oc1ccccc1C(C)CC)C(=O)NNC(=O)COc1ccccc1C(C)CC. The summed E-state index contributed by atoms with van der Waals surface area (Å²) >= 11 is 0. The van der Waals surface area contributed by atoms with E-state index in [1.807, 2.05) is 55.5 Å². The Labute approximate surface area is 191 Å². The minimum Gasteiger partial charge on any atom is -0.483 e. The first kappa shape index (κ1) is 25.2. The number of carbonyl (C=O) groups excluding carboxylic acids is 2. The number of rotatable bonds is 11. The summed E-state index contributed by atoms with van der Waals surface area (Å²) in [5.74, 6) is 1.18. The van der Waals surface area contributed by atoms with Gasteiger partial charge in [-0.15, -0.1) is 0 Å². The van der Waals surface area contributed by atoms with Gasteiger partial charge in [0.15, 0.2) is 12.7 Å². The molecule has 0 aliphatic heterocycles. The van der Waals surface area contributed by atoms with E-state index in [4.69, 9.17) is 9.47 Å². The van der Waals surface area contributed by atoms with Crippen LogP contribution in [0.3, 0.4) is 0 Å². The van der Waals surface area contributed by atoms with Crippen molar-refractivity contribution in [2.24, 2.45) is 0 Å². The summed E-state index contributed by atoms with van der Waals surface area (Å²) in [4.78, 5) is 24.8. The molecule has 0 bridgehead atoms. The topological polar surface area (TPSA) is 76.7 Å². The van der Waals surface area contributed by atoms with E-state index in [0.29, 0.717) is 29.8 Å². The number of hydrogen-bond acceptors (Lipinski definition) is 4. The van der Waals surface area contributed by atoms with Crippen LogP contribution in [0.25, 0.3) is 0 Å². The molecule has 3 unspecified atom stereocenters. The molecular weight excluding hydrogens is 404 g/mol. The zero-order chi connectivity index (χ0) is 23.5. The van der Waals surface area contributed by atoms with Gasteiger partial charge in [-0.3, -0.25) is 20.4 Å². The highest BCUT2D eigenvalue weighted by molar-refractivity contribution is 5.85. The molecule has 6 heteroatoms. The van der Waals surface area contributed by atoms with E-state index in [2.05, 4.69) is 38.5 Å². The molecule has 2 aromatic rings. The molecule has 0 heterocycles. The lowest BCUT2D eigenvalue weighted by atomic mass is 9.98. The Morgan fingerprint density at radius 3 is 1.88 bits per heavy atom. The van der Waals surface area contributed by atoms with Crippen LogP contribution in [0.2, 0.25) is 0 Å². The number of ether oxygens (including phenoxy) is 2. The van der Waals surface area contributed by atoms with E-state index in [1.165, 1.54) is 0 Å². The lowest BCUT2D eigenvalue weighted by molar-refractivity contribution is -0.134. The van der Waals surface area contributed by atoms with E-state index in [0.717, 1.165) is 24.0 Å². The van der Waals surface area contributed by atoms with E-state index in [1.54, 1.807) is 0 Å². The third-order valence-corrected chi connectivity index (χ3v) is 5.74. The largest absolute Gasteiger partial charge is 0.483 e. The molecule has 0 fully saturated rings. The number of benzene rings is 2. The van der Waals surface area contributed by atoms with Crippen LogP contribution in [0.5, 0.6) is 11.5 Å². The van der Waals surface area contributed by atoms with Gasteiger partial charge in [0.05, 0.1) is 0 Å². The number of amides is 2. The quantitative estimate of drug-likeness (QED) is 0.477. The Balaban J connectivity index is 1.91. The van der Waals surface area contributed by atoms with Crippen LogP contribution >= 0.6 is 0 Å². The third-order valence-electron chi connectivity index (χ3n) is 5.74. The van der Waals surface area contributed by atoms with Crippen molar-refractivity contribution in [3.63, 3.8) is 0 Å². The van der Waals surface area contributed by atoms with E-state index in [-0.39, 0.29) is 6.61 Å². The zero-order valence-corrected chi connectivity index (χ0v) is 19.8. The smallest absolute Gasteiger partial charge is 0.279 e. The van der Waals surface area contributed by atoms with Crippen molar-refractivity contribution in [3.05, 3.63) is 59.7 Å². The van der Waals surface area contributed by atoms with Crippen LogP contribution in [-0.4, -0.2) is 24.5 Å². The van der Waals surface area contributed by atoms with Gasteiger partial charge in [-0.25, -0.2) is 0 Å². The normalized spacial score (nSPS) is 13.5. The molecule has 2 N–H and O–H groups in total. The highest BCUT2D eigenvalue weighted by Gasteiger charge is 2.21. The molecule has 0 aromatic heterocycles. The number of para-hydroxylation sites is 2. The number of hydrazine groups is 1. The fourth-order valence-electron chi connectivity index (χ4n) is 3.32. The van der Waals surface area contributed by atoms with E-state index >= 15 is 0 Å². The first-order valence-electron chi connectivity index (χ1n) is 11.5. The van der Waals surface area contributed by atoms with Crippen LogP contribution in [0.1, 0.15) is 76.8 Å². The Morgan fingerprint density at radius 1 is 0.781 bits per heavy atom. The van der Waals surface area contributed by atoms with Crippen molar-refractivity contribution in [2.75, 3.05) is 6.61 Å². The van der Waals surface area contributed by atoms with E-state index < -0.39 is 17.9 Å². The average molecular weight is 441 g/mol. The van der Waals surface area contributed by atoms with Gasteiger partial charge in [0.1, 0.15) is 11.5 Å². The van der Waals surface area contributed by atoms with Crippen molar-refractivity contribution in [2.45, 2.75) is 71.8 Å². The molecule has 0 aliphatic rings. The average Bonchev–Trinajstić information content (AvgIpc) is 2.83. The molecule has 3 atom stereocenters. The Hall–Kier alpha value is -3.02. The minimum atomic E-state index is -0.715. The second-order valence-electron chi connectivity index (χ2n) is 8.04. The van der Waals surface area contributed by atoms with Gasteiger partial charge >= 0.3 is 0 Å². The maximum Gasteiger partial charge on any atom is 0.279 e. The van der Waals surface area contributed by atoms with Crippen LogP contribution < -0.4 is 20.3 Å². The summed E-state index contributed by atoms with van der Waals surface area (Å²) in [6.07, 6.45) is 1.70. The molecule has 6 nitrogen and oxygen atoms in total. The molecule has 2 amide bonds. The second-order valence-corrected chi connectivity index (χ2v) is 8.04. The highest BCUT2D eigenvalue weighted by atomic mass is 16.5. The number of carbonyl (C=O) groups is 2. The molecule has 0 saturated heterocycles. The van der Waals surface area contributed by atoms with Crippen molar-refractivity contribution >= 4 is 11.8 Å². The summed E-state index contributed by atoms with van der Waals surface area (Å²) in [7, 11) is 0. The maximum atomic E-state index is 12.6. The van der Waals surface area contributed by atoms with Gasteiger partial charge < -0.3 is 9.47 Å². The lowest BCUT2D eigenvalue weighted by Gasteiger charge is -2.21. The van der Waals surface area contributed by atoms with Crippen molar-refractivity contribution in [1.29, 1.82) is 0 Å². The summed E-state index contributed by atoms with van der Waals surface area (Å²) < 4.78 is 11.7. The standard InChI is InChI=1S/C26H36N2O4/c1-6-18(4)20-13-9-11-15-23(20)31-17-25(29)27-28-26(30)22(8-3)32-24-16-12-10-14-21(24)19(5)7-2/h9-16,18-19,22H,6-8,17H2,1-5H3,(H,27,29)(H,28,30).